The lowest BCUT2D eigenvalue weighted by atomic mass is 9.79. The third-order valence-electron chi connectivity index (χ3n) is 10.9. The minimum Gasteiger partial charge on any atom is -0.508 e. The highest BCUT2D eigenvalue weighted by Gasteiger charge is 2.50. The van der Waals surface area contributed by atoms with Crippen LogP contribution in [0.1, 0.15) is 62.3 Å². The first-order chi connectivity index (χ1) is 21.7. The van der Waals surface area contributed by atoms with Crippen LogP contribution in [0.4, 0.5) is 20.3 Å². The van der Waals surface area contributed by atoms with Gasteiger partial charge in [0.2, 0.25) is 5.91 Å². The molecule has 5 aliphatic rings. The average molecular weight is 619 g/mol. The topological polar surface area (TPSA) is 94.1 Å². The Balaban J connectivity index is 1.16. The summed E-state index contributed by atoms with van der Waals surface area (Å²) in [7, 11) is 0. The first-order valence-corrected chi connectivity index (χ1v) is 16.4. The molecular weight excluding hydrogens is 578 g/mol. The van der Waals surface area contributed by atoms with Crippen LogP contribution in [0.5, 0.6) is 11.8 Å². The van der Waals surface area contributed by atoms with Crippen LogP contribution in [0.2, 0.25) is 0 Å². The molecule has 1 amide bonds. The van der Waals surface area contributed by atoms with E-state index in [9.17, 15) is 18.7 Å². The van der Waals surface area contributed by atoms with Gasteiger partial charge >= 0.3 is 6.01 Å². The molecule has 4 fully saturated rings. The largest absolute Gasteiger partial charge is 0.508 e. The Hall–Kier alpha value is -3.73. The summed E-state index contributed by atoms with van der Waals surface area (Å²) in [6, 6.07) is 6.88. The fourth-order valence-electron chi connectivity index (χ4n) is 8.78. The Morgan fingerprint density at radius 2 is 1.98 bits per heavy atom. The van der Waals surface area contributed by atoms with Crippen LogP contribution >= 0.6 is 0 Å². The molecule has 0 saturated carbocycles. The van der Waals surface area contributed by atoms with Gasteiger partial charge in [-0.1, -0.05) is 13.0 Å². The van der Waals surface area contributed by atoms with E-state index in [1.54, 1.807) is 18.2 Å². The summed E-state index contributed by atoms with van der Waals surface area (Å²) >= 11 is 0. The lowest BCUT2D eigenvalue weighted by Gasteiger charge is -2.49. The molecule has 9 nitrogen and oxygen atoms in total. The molecule has 5 aliphatic heterocycles. The van der Waals surface area contributed by atoms with E-state index in [-0.39, 0.29) is 34.6 Å². The minimum absolute atomic E-state index is 0.0885. The van der Waals surface area contributed by atoms with E-state index in [0.29, 0.717) is 64.0 Å². The second-order valence-corrected chi connectivity index (χ2v) is 13.8. The highest BCUT2D eigenvalue weighted by Crippen LogP contribution is 2.42. The van der Waals surface area contributed by atoms with Crippen molar-refractivity contribution >= 4 is 28.2 Å². The number of benzene rings is 2. The molecule has 4 saturated heterocycles. The minimum atomic E-state index is -0.848. The van der Waals surface area contributed by atoms with Gasteiger partial charge in [0, 0.05) is 55.3 Å². The lowest BCUT2D eigenvalue weighted by Crippen LogP contribution is -2.68. The Morgan fingerprint density at radius 3 is 2.80 bits per heavy atom. The highest BCUT2D eigenvalue weighted by molar-refractivity contribution is 5.98. The van der Waals surface area contributed by atoms with Gasteiger partial charge in [0.05, 0.1) is 29.7 Å². The number of aromatic nitrogens is 2. The van der Waals surface area contributed by atoms with Gasteiger partial charge in [-0.3, -0.25) is 9.69 Å². The van der Waals surface area contributed by atoms with Gasteiger partial charge in [-0.05, 0) is 68.2 Å². The van der Waals surface area contributed by atoms with E-state index in [2.05, 4.69) is 20.0 Å². The maximum atomic E-state index is 15.0. The third-order valence-corrected chi connectivity index (χ3v) is 10.9. The molecule has 238 valence electrons. The number of aromatic hydroxyl groups is 1. The average Bonchev–Trinajstić information content (AvgIpc) is 3.54. The Morgan fingerprint density at radius 1 is 1.13 bits per heavy atom. The van der Waals surface area contributed by atoms with Gasteiger partial charge in [-0.2, -0.15) is 9.97 Å². The molecule has 0 aliphatic carbocycles. The number of anilines is 2. The van der Waals surface area contributed by atoms with Crippen LogP contribution in [-0.4, -0.2) is 82.5 Å². The van der Waals surface area contributed by atoms with Crippen LogP contribution < -0.4 is 19.9 Å². The number of hydrogen-bond acceptors (Lipinski definition) is 8. The van der Waals surface area contributed by atoms with Gasteiger partial charge < -0.3 is 25.0 Å². The van der Waals surface area contributed by atoms with Crippen molar-refractivity contribution < 1.29 is 23.4 Å². The van der Waals surface area contributed by atoms with Crippen molar-refractivity contribution in [3.8, 4) is 11.8 Å². The molecule has 3 atom stereocenters. The molecule has 2 N–H and O–H groups in total. The van der Waals surface area contributed by atoms with Crippen LogP contribution in [0.25, 0.3) is 10.8 Å². The summed E-state index contributed by atoms with van der Waals surface area (Å²) in [5.41, 5.74) is 2.75. The van der Waals surface area contributed by atoms with Crippen LogP contribution in [0.3, 0.4) is 0 Å². The van der Waals surface area contributed by atoms with Crippen molar-refractivity contribution in [1.29, 1.82) is 0 Å². The lowest BCUT2D eigenvalue weighted by molar-refractivity contribution is -0.133. The molecule has 0 radical (unpaired) electrons. The first kappa shape index (κ1) is 28.7. The number of nitrogens with zero attached hydrogens (tertiary/aromatic N) is 5. The van der Waals surface area contributed by atoms with Crippen molar-refractivity contribution in [2.24, 2.45) is 0 Å². The number of amides is 1. The van der Waals surface area contributed by atoms with Crippen molar-refractivity contribution in [2.75, 3.05) is 49.1 Å². The zero-order chi connectivity index (χ0) is 30.9. The molecule has 1 spiro atoms. The van der Waals surface area contributed by atoms with Gasteiger partial charge in [0.1, 0.15) is 30.2 Å². The number of phenols is 1. The maximum Gasteiger partial charge on any atom is 0.318 e. The second-order valence-electron chi connectivity index (χ2n) is 13.8. The molecule has 45 heavy (non-hydrogen) atoms. The predicted molar refractivity (Wildman–Crippen MR) is 167 cm³/mol. The molecule has 3 aromatic rings. The number of carbonyl (C=O) groups excluding carboxylic acids is 1. The predicted octanol–water partition coefficient (Wildman–Crippen LogP) is 4.41. The highest BCUT2D eigenvalue weighted by atomic mass is 19.1. The summed E-state index contributed by atoms with van der Waals surface area (Å²) in [4.78, 5) is 28.6. The number of rotatable bonds is 6. The Bertz CT molecular complexity index is 1680. The summed E-state index contributed by atoms with van der Waals surface area (Å²) in [6.45, 7) is 6.21. The molecule has 1 unspecified atom stereocenters. The smallest absolute Gasteiger partial charge is 0.318 e. The van der Waals surface area contributed by atoms with Crippen molar-refractivity contribution in [1.82, 2.24) is 20.2 Å². The number of phenolic OH excluding ortho intramolecular Hbond substituents is 1. The number of piperidine rings is 1. The van der Waals surface area contributed by atoms with Crippen molar-refractivity contribution in [3.63, 3.8) is 0 Å². The zero-order valence-corrected chi connectivity index (χ0v) is 25.7. The monoisotopic (exact) mass is 618 g/mol. The molecule has 2 aromatic carbocycles. The maximum absolute atomic E-state index is 15.0. The standard InChI is InChI=1S/C34H40F2N6O3/c1-2-24-26(36)6-5-21-13-23(43)14-28(30(21)24)40-12-7-25-27(18-40)37-32(45-20-34-9-4-11-42(34)17-22(35)15-34)38-31(25)41-10-3-8-33(19-41)16-29(44)39-33/h5-6,13-14,22,43H,2-4,7-12,15-20H2,1H3,(H,39,44)/t22-,33?,34+/m1/s1. The SMILES string of the molecule is CCc1c(F)ccc2cc(O)cc(N3CCc4c(nc(OC[C@@]56CCCN5C[C@H](F)C6)nc4N4CCCC5(CC(=O)N5)C4)C3)c12. The number of halogens is 2. The van der Waals surface area contributed by atoms with E-state index in [0.717, 1.165) is 72.3 Å². The number of carbonyl (C=O) groups is 1. The normalized spacial score (nSPS) is 27.9. The van der Waals surface area contributed by atoms with Crippen molar-refractivity contribution in [3.05, 3.63) is 46.9 Å². The third kappa shape index (κ3) is 4.85. The van der Waals surface area contributed by atoms with E-state index in [1.165, 1.54) is 6.07 Å². The molecule has 1 aromatic heterocycles. The van der Waals surface area contributed by atoms with Gasteiger partial charge in [-0.25, -0.2) is 8.78 Å². The van der Waals surface area contributed by atoms with Crippen LogP contribution in [0.15, 0.2) is 24.3 Å². The Labute approximate surface area is 261 Å². The fourth-order valence-corrected chi connectivity index (χ4v) is 8.78. The number of β-lactam (4-membered cyclic amide) rings is 1. The second kappa shape index (κ2) is 10.7. The number of aryl methyl sites for hydroxylation is 1. The summed E-state index contributed by atoms with van der Waals surface area (Å²) < 4.78 is 35.9. The molecule has 6 heterocycles. The number of fused-ring (bicyclic) bond motifs is 3. The summed E-state index contributed by atoms with van der Waals surface area (Å²) in [5, 5.41) is 15.4. The van der Waals surface area contributed by atoms with Gasteiger partial charge in [0.15, 0.2) is 0 Å². The quantitative estimate of drug-likeness (QED) is 0.393. The molecule has 11 heteroatoms. The fraction of sp³-hybridized carbons (Fsp3) is 0.559. The number of hydrogen-bond donors (Lipinski definition) is 2. The van der Waals surface area contributed by atoms with E-state index in [4.69, 9.17) is 14.7 Å². The van der Waals surface area contributed by atoms with E-state index >= 15 is 0 Å². The molecular formula is C34H40F2N6O3. The van der Waals surface area contributed by atoms with Gasteiger partial charge in [-0.15, -0.1) is 0 Å². The van der Waals surface area contributed by atoms with E-state index in [1.807, 2.05) is 6.92 Å². The zero-order valence-electron chi connectivity index (χ0n) is 25.7. The first-order valence-electron chi connectivity index (χ1n) is 16.4. The number of ether oxygens (including phenoxy) is 1. The Kier molecular flexibility index (Phi) is 6.81. The van der Waals surface area contributed by atoms with Gasteiger partial charge in [0.25, 0.3) is 0 Å². The number of alkyl halides is 1. The molecule has 0 bridgehead atoms. The van der Waals surface area contributed by atoms with Crippen LogP contribution in [0, 0.1) is 5.82 Å². The molecule has 8 rings (SSSR count). The number of nitrogens with one attached hydrogen (secondary N) is 1. The van der Waals surface area contributed by atoms with E-state index < -0.39 is 6.17 Å². The van der Waals surface area contributed by atoms with Crippen molar-refractivity contribution in [2.45, 2.75) is 82.1 Å². The summed E-state index contributed by atoms with van der Waals surface area (Å²) in [6.07, 6.45) is 5.15. The summed E-state index contributed by atoms with van der Waals surface area (Å²) in [5.74, 6) is 0.810. The van der Waals surface area contributed by atoms with Crippen LogP contribution in [-0.2, 0) is 24.2 Å².